The van der Waals surface area contributed by atoms with Crippen LogP contribution in [0, 0.1) is 0 Å². The Morgan fingerprint density at radius 2 is 2.24 bits per heavy atom. The molecule has 1 saturated carbocycles. The average molecular weight is 252 g/mol. The van der Waals surface area contributed by atoms with Crippen LogP contribution in [0.1, 0.15) is 57.1 Å². The third-order valence-electron chi connectivity index (χ3n) is 2.97. The Hall–Kier alpha value is -0.770. The Bertz CT molecular complexity index is 412. The summed E-state index contributed by atoms with van der Waals surface area (Å²) in [5, 5.41) is 0.802. The zero-order valence-corrected chi connectivity index (χ0v) is 11.2. The molecular weight excluding hydrogens is 232 g/mol. The van der Waals surface area contributed by atoms with Gasteiger partial charge in [-0.1, -0.05) is 37.9 Å². The first-order valence-corrected chi connectivity index (χ1v) is 7.52. The first kappa shape index (κ1) is 12.7. The number of thioether (sulfide) groups is 1. The topological polar surface area (TPSA) is 45.8 Å². The third kappa shape index (κ3) is 4.19. The summed E-state index contributed by atoms with van der Waals surface area (Å²) in [6, 6.07) is 1.65. The first-order valence-electron chi connectivity index (χ1n) is 6.53. The van der Waals surface area contributed by atoms with Crippen LogP contribution in [0.5, 0.6) is 0 Å². The lowest BCUT2D eigenvalue weighted by molar-refractivity contribution is 0.705. The van der Waals surface area contributed by atoms with E-state index in [0.29, 0.717) is 5.92 Å². The molecule has 1 fully saturated rings. The number of aromatic amines is 1. The molecule has 1 aromatic heterocycles. The van der Waals surface area contributed by atoms with Crippen LogP contribution in [0.3, 0.4) is 0 Å². The van der Waals surface area contributed by atoms with E-state index in [1.54, 1.807) is 17.8 Å². The van der Waals surface area contributed by atoms with Crippen molar-refractivity contribution in [2.75, 3.05) is 5.75 Å². The number of nitrogens with zero attached hydrogens (tertiary/aromatic N) is 1. The molecule has 1 N–H and O–H groups in total. The van der Waals surface area contributed by atoms with Gasteiger partial charge in [0.15, 0.2) is 5.16 Å². The molecule has 0 amide bonds. The fraction of sp³-hybridized carbons (Fsp3) is 0.692. The van der Waals surface area contributed by atoms with E-state index in [2.05, 4.69) is 16.9 Å². The predicted molar refractivity (Wildman–Crippen MR) is 71.7 cm³/mol. The summed E-state index contributed by atoms with van der Waals surface area (Å²) in [6.45, 7) is 2.21. The van der Waals surface area contributed by atoms with Gasteiger partial charge in [-0.25, -0.2) is 4.98 Å². The number of H-pyrrole nitrogens is 1. The lowest BCUT2D eigenvalue weighted by Gasteiger charge is -2.03. The predicted octanol–water partition coefficient (Wildman–Crippen LogP) is 3.32. The normalized spacial score (nSPS) is 15.1. The first-order chi connectivity index (χ1) is 8.29. The fourth-order valence-corrected chi connectivity index (χ4v) is 2.69. The molecule has 1 aliphatic rings. The van der Waals surface area contributed by atoms with Gasteiger partial charge in [0.25, 0.3) is 5.56 Å². The van der Waals surface area contributed by atoms with Gasteiger partial charge in [0.2, 0.25) is 0 Å². The number of rotatable bonds is 7. The van der Waals surface area contributed by atoms with Crippen molar-refractivity contribution in [1.82, 2.24) is 9.97 Å². The second-order valence-corrected chi connectivity index (χ2v) is 5.74. The van der Waals surface area contributed by atoms with E-state index in [4.69, 9.17) is 0 Å². The molecule has 0 spiro atoms. The Kier molecular flexibility index (Phi) is 4.66. The second kappa shape index (κ2) is 6.24. The van der Waals surface area contributed by atoms with E-state index in [0.717, 1.165) is 16.6 Å². The number of hydrogen-bond donors (Lipinski definition) is 1. The summed E-state index contributed by atoms with van der Waals surface area (Å²) >= 11 is 1.68. The van der Waals surface area contributed by atoms with Gasteiger partial charge in [0, 0.05) is 17.7 Å². The van der Waals surface area contributed by atoms with Gasteiger partial charge in [-0.2, -0.15) is 0 Å². The van der Waals surface area contributed by atoms with Crippen molar-refractivity contribution in [2.45, 2.75) is 56.5 Å². The van der Waals surface area contributed by atoms with Gasteiger partial charge in [-0.05, 0) is 19.3 Å². The van der Waals surface area contributed by atoms with Crippen LogP contribution in [0.2, 0.25) is 0 Å². The largest absolute Gasteiger partial charge is 0.301 e. The fourth-order valence-electron chi connectivity index (χ4n) is 1.81. The van der Waals surface area contributed by atoms with Gasteiger partial charge in [0.05, 0.1) is 5.69 Å². The van der Waals surface area contributed by atoms with Gasteiger partial charge in [-0.15, -0.1) is 0 Å². The van der Waals surface area contributed by atoms with E-state index in [-0.39, 0.29) is 5.56 Å². The van der Waals surface area contributed by atoms with Crippen molar-refractivity contribution in [3.8, 4) is 0 Å². The monoisotopic (exact) mass is 252 g/mol. The van der Waals surface area contributed by atoms with Crippen LogP contribution in [0.4, 0.5) is 0 Å². The summed E-state index contributed by atoms with van der Waals surface area (Å²) in [6.07, 6.45) is 7.42. The molecule has 1 heterocycles. The maximum Gasteiger partial charge on any atom is 0.251 e. The van der Waals surface area contributed by atoms with E-state index in [1.165, 1.54) is 38.5 Å². The van der Waals surface area contributed by atoms with E-state index < -0.39 is 0 Å². The average Bonchev–Trinajstić information content (AvgIpc) is 3.12. The quantitative estimate of drug-likeness (QED) is 0.460. The maximum atomic E-state index is 11.5. The van der Waals surface area contributed by atoms with E-state index >= 15 is 0 Å². The second-order valence-electron chi connectivity index (χ2n) is 4.66. The number of hydrogen-bond acceptors (Lipinski definition) is 3. The minimum Gasteiger partial charge on any atom is -0.301 e. The minimum absolute atomic E-state index is 0.00189. The summed E-state index contributed by atoms with van der Waals surface area (Å²) in [5.41, 5.74) is 0.989. The van der Waals surface area contributed by atoms with Crippen LogP contribution in [-0.2, 0) is 0 Å². The number of aromatic nitrogens is 2. The maximum absolute atomic E-state index is 11.5. The number of unbranched alkanes of at least 4 members (excludes halogenated alkanes) is 3. The summed E-state index contributed by atoms with van der Waals surface area (Å²) in [7, 11) is 0. The molecule has 94 valence electrons. The molecular formula is C13H20N2OS. The molecule has 0 atom stereocenters. The molecule has 3 nitrogen and oxygen atoms in total. The molecule has 17 heavy (non-hydrogen) atoms. The summed E-state index contributed by atoms with van der Waals surface area (Å²) in [5.74, 6) is 1.61. The molecule has 0 bridgehead atoms. The Balaban J connectivity index is 1.85. The highest BCUT2D eigenvalue weighted by atomic mass is 32.2. The summed E-state index contributed by atoms with van der Waals surface area (Å²) in [4.78, 5) is 18.8. The smallest absolute Gasteiger partial charge is 0.251 e. The van der Waals surface area contributed by atoms with Crippen molar-refractivity contribution >= 4 is 11.8 Å². The Labute approximate surface area is 106 Å². The zero-order valence-electron chi connectivity index (χ0n) is 10.4. The molecule has 1 aromatic rings. The van der Waals surface area contributed by atoms with Gasteiger partial charge >= 0.3 is 0 Å². The molecule has 0 radical (unpaired) electrons. The highest BCUT2D eigenvalue weighted by molar-refractivity contribution is 7.99. The molecule has 4 heteroatoms. The number of nitrogens with one attached hydrogen (secondary N) is 1. The zero-order chi connectivity index (χ0) is 12.1. The Morgan fingerprint density at radius 3 is 2.94 bits per heavy atom. The van der Waals surface area contributed by atoms with Gasteiger partial charge in [-0.3, -0.25) is 4.79 Å². The van der Waals surface area contributed by atoms with Crippen molar-refractivity contribution in [2.24, 2.45) is 0 Å². The van der Waals surface area contributed by atoms with Crippen LogP contribution in [-0.4, -0.2) is 15.7 Å². The third-order valence-corrected chi connectivity index (χ3v) is 3.93. The van der Waals surface area contributed by atoms with Crippen LogP contribution in [0.25, 0.3) is 0 Å². The van der Waals surface area contributed by atoms with Gasteiger partial charge < -0.3 is 4.98 Å². The van der Waals surface area contributed by atoms with Crippen molar-refractivity contribution in [3.63, 3.8) is 0 Å². The molecule has 0 unspecified atom stereocenters. The van der Waals surface area contributed by atoms with Crippen LogP contribution >= 0.6 is 11.8 Å². The van der Waals surface area contributed by atoms with Crippen molar-refractivity contribution in [1.29, 1.82) is 0 Å². The molecule has 1 aliphatic carbocycles. The molecule has 2 rings (SSSR count). The minimum atomic E-state index is -0.00189. The lowest BCUT2D eigenvalue weighted by atomic mass is 10.2. The highest BCUT2D eigenvalue weighted by Gasteiger charge is 2.25. The standard InChI is InChI=1S/C13H20N2OS/c1-2-3-4-5-8-17-13-14-11(10-6-7-10)9-12(16)15-13/h9-10H,2-8H2,1H3,(H,14,15,16). The van der Waals surface area contributed by atoms with Crippen LogP contribution < -0.4 is 5.56 Å². The summed E-state index contributed by atoms with van der Waals surface area (Å²) < 4.78 is 0. The lowest BCUT2D eigenvalue weighted by Crippen LogP contribution is -2.09. The van der Waals surface area contributed by atoms with E-state index in [9.17, 15) is 4.79 Å². The SMILES string of the molecule is CCCCCCSc1nc(C2CC2)cc(=O)[nH]1. The molecule has 0 aliphatic heterocycles. The van der Waals surface area contributed by atoms with Crippen molar-refractivity contribution in [3.05, 3.63) is 22.1 Å². The van der Waals surface area contributed by atoms with Gasteiger partial charge in [0.1, 0.15) is 0 Å². The van der Waals surface area contributed by atoms with Crippen molar-refractivity contribution < 1.29 is 0 Å². The van der Waals surface area contributed by atoms with E-state index in [1.807, 2.05) is 0 Å². The molecule has 0 aromatic carbocycles. The molecule has 0 saturated heterocycles. The van der Waals surface area contributed by atoms with Crippen LogP contribution in [0.15, 0.2) is 16.0 Å². The highest BCUT2D eigenvalue weighted by Crippen LogP contribution is 2.38. The Morgan fingerprint density at radius 1 is 1.41 bits per heavy atom.